The van der Waals surface area contributed by atoms with Crippen LogP contribution >= 0.6 is 0 Å². The zero-order chi connectivity index (χ0) is 31.8. The molecule has 0 unspecified atom stereocenters. The predicted octanol–water partition coefficient (Wildman–Crippen LogP) is 4.75. The van der Waals surface area contributed by atoms with Gasteiger partial charge in [0.05, 0.1) is 16.9 Å². The first kappa shape index (κ1) is 31.5. The summed E-state index contributed by atoms with van der Waals surface area (Å²) in [4.78, 5) is 41.5. The summed E-state index contributed by atoms with van der Waals surface area (Å²) in [5, 5.41) is 18.6. The van der Waals surface area contributed by atoms with Crippen LogP contribution in [0.1, 0.15) is 43.7 Å². The van der Waals surface area contributed by atoms with E-state index in [1.54, 1.807) is 24.7 Å². The Morgan fingerprint density at radius 1 is 1.13 bits per heavy atom. The van der Waals surface area contributed by atoms with Crippen molar-refractivity contribution in [3.63, 3.8) is 0 Å². The second kappa shape index (κ2) is 14.7. The van der Waals surface area contributed by atoms with Gasteiger partial charge >= 0.3 is 6.03 Å². The number of carbonyl (C=O) groups excluding carboxylic acids is 2. The van der Waals surface area contributed by atoms with E-state index in [0.717, 1.165) is 62.4 Å². The molecular formula is C34H41N9O2. The number of piperazine rings is 1. The van der Waals surface area contributed by atoms with Gasteiger partial charge in [-0.3, -0.25) is 14.7 Å². The van der Waals surface area contributed by atoms with Crippen molar-refractivity contribution in [3.05, 3.63) is 84.8 Å². The maximum Gasteiger partial charge on any atom is 0.322 e. The molecule has 11 nitrogen and oxygen atoms in total. The lowest BCUT2D eigenvalue weighted by molar-refractivity contribution is -0.111. The molecule has 11 heteroatoms. The van der Waals surface area contributed by atoms with E-state index in [-0.39, 0.29) is 24.0 Å². The van der Waals surface area contributed by atoms with Crippen molar-refractivity contribution in [1.29, 1.82) is 5.26 Å². The van der Waals surface area contributed by atoms with Crippen molar-refractivity contribution in [1.82, 2.24) is 20.2 Å². The lowest BCUT2D eigenvalue weighted by Gasteiger charge is -2.40. The van der Waals surface area contributed by atoms with E-state index in [2.05, 4.69) is 62.3 Å². The summed E-state index contributed by atoms with van der Waals surface area (Å²) >= 11 is 0. The number of hydrogen-bond donors (Lipinski definition) is 3. The Morgan fingerprint density at radius 2 is 1.96 bits per heavy atom. The summed E-state index contributed by atoms with van der Waals surface area (Å²) in [6, 6.07) is 15.7. The number of aromatic nitrogens is 2. The minimum Gasteiger partial charge on any atom is -0.367 e. The molecule has 3 N–H and O–H groups in total. The van der Waals surface area contributed by atoms with E-state index in [9.17, 15) is 9.59 Å². The van der Waals surface area contributed by atoms with Crippen LogP contribution in [0.2, 0.25) is 0 Å². The van der Waals surface area contributed by atoms with E-state index in [4.69, 9.17) is 5.26 Å². The van der Waals surface area contributed by atoms with Gasteiger partial charge < -0.3 is 25.8 Å². The third kappa shape index (κ3) is 7.96. The number of nitriles is 1. The number of anilines is 4. The number of nitrogens with one attached hydrogen (secondary N) is 3. The molecule has 3 aromatic rings. The first-order valence-electron chi connectivity index (χ1n) is 15.5. The number of amides is 3. The summed E-state index contributed by atoms with van der Waals surface area (Å²) in [6.45, 7) is 8.76. The van der Waals surface area contributed by atoms with Gasteiger partial charge in [0.25, 0.3) is 0 Å². The van der Waals surface area contributed by atoms with Gasteiger partial charge in [0, 0.05) is 68.6 Å². The van der Waals surface area contributed by atoms with Crippen LogP contribution in [-0.4, -0.2) is 71.6 Å². The van der Waals surface area contributed by atoms with Crippen molar-refractivity contribution in [2.75, 3.05) is 47.1 Å². The maximum absolute atomic E-state index is 13.9. The van der Waals surface area contributed by atoms with Crippen LogP contribution in [0.3, 0.4) is 0 Å². The lowest BCUT2D eigenvalue weighted by atomic mass is 9.89. The lowest BCUT2D eigenvalue weighted by Crippen LogP contribution is -2.50. The van der Waals surface area contributed by atoms with Crippen molar-refractivity contribution in [2.45, 2.75) is 57.3 Å². The Morgan fingerprint density at radius 3 is 2.62 bits per heavy atom. The normalized spacial score (nSPS) is 20.0. The minimum absolute atomic E-state index is 0.0525. The highest BCUT2D eigenvalue weighted by Gasteiger charge is 2.31. The number of carbonyl (C=O) groups is 2. The molecule has 1 atom stereocenters. The van der Waals surface area contributed by atoms with E-state index in [0.29, 0.717) is 29.5 Å². The Labute approximate surface area is 264 Å². The molecule has 1 aliphatic heterocycles. The minimum atomic E-state index is -0.300. The predicted molar refractivity (Wildman–Crippen MR) is 177 cm³/mol. The first-order chi connectivity index (χ1) is 21.8. The maximum atomic E-state index is 13.9. The van der Waals surface area contributed by atoms with Crippen molar-refractivity contribution in [3.8, 4) is 6.07 Å². The fourth-order valence-electron chi connectivity index (χ4n) is 5.99. The van der Waals surface area contributed by atoms with Gasteiger partial charge in [-0.05, 0) is 87.7 Å². The van der Waals surface area contributed by atoms with Gasteiger partial charge in [-0.25, -0.2) is 9.78 Å². The van der Waals surface area contributed by atoms with Crippen LogP contribution in [0.5, 0.6) is 0 Å². The largest absolute Gasteiger partial charge is 0.367 e. The molecule has 3 heterocycles. The molecule has 0 spiro atoms. The van der Waals surface area contributed by atoms with Crippen molar-refractivity contribution < 1.29 is 9.59 Å². The number of likely N-dealkylation sites (N-methyl/N-ethyl adjacent to an activating group) is 1. The quantitative estimate of drug-likeness (QED) is 0.297. The Kier molecular flexibility index (Phi) is 10.3. The molecule has 45 heavy (non-hydrogen) atoms. The SMILES string of the molecule is C=CC(=O)Nc1cc(N(C(=O)NCc2cccnc2)C2CCC(Nc3ccc(C#N)cn3)CC2)ccc1N1CCN(C)[C@@H](C)C1. The van der Waals surface area contributed by atoms with Gasteiger partial charge in [-0.1, -0.05) is 12.6 Å². The number of urea groups is 1. The molecule has 1 saturated heterocycles. The number of pyridine rings is 2. The summed E-state index contributed by atoms with van der Waals surface area (Å²) in [5.41, 5.74) is 3.73. The van der Waals surface area contributed by atoms with Gasteiger partial charge in [0.1, 0.15) is 11.9 Å². The summed E-state index contributed by atoms with van der Waals surface area (Å²) in [6.07, 6.45) is 9.52. The molecule has 5 rings (SSSR count). The molecule has 2 aliphatic rings. The number of nitrogens with zero attached hydrogens (tertiary/aromatic N) is 6. The molecule has 2 aromatic heterocycles. The Hall–Kier alpha value is -4.95. The van der Waals surface area contributed by atoms with Gasteiger partial charge in [-0.15, -0.1) is 0 Å². The van der Waals surface area contributed by atoms with Crippen LogP contribution in [0, 0.1) is 11.3 Å². The van der Waals surface area contributed by atoms with Gasteiger partial charge in [-0.2, -0.15) is 5.26 Å². The monoisotopic (exact) mass is 607 g/mol. The van der Waals surface area contributed by atoms with Gasteiger partial charge in [0.15, 0.2) is 0 Å². The molecule has 1 saturated carbocycles. The van der Waals surface area contributed by atoms with Crippen LogP contribution in [-0.2, 0) is 11.3 Å². The third-order valence-corrected chi connectivity index (χ3v) is 8.69. The van der Waals surface area contributed by atoms with Crippen molar-refractivity contribution >= 4 is 34.8 Å². The second-order valence-corrected chi connectivity index (χ2v) is 11.8. The molecule has 3 amide bonds. The average Bonchev–Trinajstić information content (AvgIpc) is 3.07. The second-order valence-electron chi connectivity index (χ2n) is 11.8. The van der Waals surface area contributed by atoms with E-state index in [1.165, 1.54) is 6.08 Å². The van der Waals surface area contributed by atoms with Crippen LogP contribution < -0.4 is 25.8 Å². The van der Waals surface area contributed by atoms with Gasteiger partial charge in [0.2, 0.25) is 5.91 Å². The molecule has 0 radical (unpaired) electrons. The standard InChI is InChI=1S/C34H41N9O2/c1-4-33(44)40-30-18-29(12-13-31(30)42-17-16-41(3)24(2)23-42)43(34(45)38-22-26-6-5-15-36-20-26)28-10-8-27(9-11-28)39-32-14-7-25(19-35)21-37-32/h4-7,12-15,18,20-21,24,27-28H,1,8-11,16-17,22-23H2,2-3H3,(H,37,39)(H,38,45)(H,40,44)/t24-,27?,28?/m0/s1. The zero-order valence-electron chi connectivity index (χ0n) is 25.9. The number of rotatable bonds is 9. The highest BCUT2D eigenvalue weighted by Crippen LogP contribution is 2.35. The fourth-order valence-corrected chi connectivity index (χ4v) is 5.99. The molecule has 0 bridgehead atoms. The highest BCUT2D eigenvalue weighted by molar-refractivity contribution is 6.02. The number of hydrogen-bond acceptors (Lipinski definition) is 8. The van der Waals surface area contributed by atoms with E-state index < -0.39 is 0 Å². The highest BCUT2D eigenvalue weighted by atomic mass is 16.2. The topological polar surface area (TPSA) is 130 Å². The molecule has 1 aromatic carbocycles. The smallest absolute Gasteiger partial charge is 0.322 e. The van der Waals surface area contributed by atoms with E-state index in [1.807, 2.05) is 41.3 Å². The van der Waals surface area contributed by atoms with Crippen LogP contribution in [0.15, 0.2) is 73.7 Å². The number of benzene rings is 1. The zero-order valence-corrected chi connectivity index (χ0v) is 25.9. The Balaban J connectivity index is 1.39. The molecule has 2 fully saturated rings. The molecule has 1 aliphatic carbocycles. The van der Waals surface area contributed by atoms with Crippen molar-refractivity contribution in [2.24, 2.45) is 0 Å². The fraction of sp³-hybridized carbons (Fsp3) is 0.382. The van der Waals surface area contributed by atoms with Crippen LogP contribution in [0.25, 0.3) is 0 Å². The summed E-state index contributed by atoms with van der Waals surface area (Å²) < 4.78 is 0. The first-order valence-corrected chi connectivity index (χ1v) is 15.5. The summed E-state index contributed by atoms with van der Waals surface area (Å²) in [7, 11) is 2.12. The Bertz CT molecular complexity index is 1510. The third-order valence-electron chi connectivity index (χ3n) is 8.69. The van der Waals surface area contributed by atoms with E-state index >= 15 is 0 Å². The summed E-state index contributed by atoms with van der Waals surface area (Å²) in [5.74, 6) is 0.436. The van der Waals surface area contributed by atoms with Crippen LogP contribution in [0.4, 0.5) is 27.7 Å². The molecular weight excluding hydrogens is 566 g/mol. The molecule has 234 valence electrons. The average molecular weight is 608 g/mol.